The van der Waals surface area contributed by atoms with Crippen molar-refractivity contribution in [2.75, 3.05) is 13.1 Å². The third-order valence-corrected chi connectivity index (χ3v) is 3.96. The van der Waals surface area contributed by atoms with Crippen LogP contribution in [0, 0.1) is 6.92 Å². The van der Waals surface area contributed by atoms with Gasteiger partial charge < -0.3 is 14.8 Å². The van der Waals surface area contributed by atoms with E-state index in [1.54, 1.807) is 6.92 Å². The number of benzene rings is 1. The predicted octanol–water partition coefficient (Wildman–Crippen LogP) is 2.68. The molecule has 5 nitrogen and oxygen atoms in total. The lowest BCUT2D eigenvalue weighted by atomic mass is 10.2. The van der Waals surface area contributed by atoms with Gasteiger partial charge >= 0.3 is 0 Å². The van der Waals surface area contributed by atoms with Crippen molar-refractivity contribution in [3.8, 4) is 11.5 Å². The van der Waals surface area contributed by atoms with E-state index >= 15 is 0 Å². The number of amides is 1. The minimum absolute atomic E-state index is 0.00266. The molecule has 0 fully saturated rings. The van der Waals surface area contributed by atoms with Crippen molar-refractivity contribution in [2.24, 2.45) is 0 Å². The van der Waals surface area contributed by atoms with Crippen LogP contribution >= 0.6 is 0 Å². The molecule has 1 heterocycles. The molecular formula is C17H26N2O3. The van der Waals surface area contributed by atoms with Crippen LogP contribution in [0.4, 0.5) is 0 Å². The second-order valence-electron chi connectivity index (χ2n) is 5.93. The van der Waals surface area contributed by atoms with E-state index in [0.717, 1.165) is 18.7 Å². The fourth-order valence-electron chi connectivity index (χ4n) is 2.78. The summed E-state index contributed by atoms with van der Waals surface area (Å²) in [4.78, 5) is 14.4. The Morgan fingerprint density at radius 2 is 1.91 bits per heavy atom. The molecule has 22 heavy (non-hydrogen) atoms. The third kappa shape index (κ3) is 3.71. The summed E-state index contributed by atoms with van der Waals surface area (Å²) in [5.41, 5.74) is 1.10. The minimum atomic E-state index is -0.941. The van der Waals surface area contributed by atoms with E-state index in [0.29, 0.717) is 11.5 Å². The summed E-state index contributed by atoms with van der Waals surface area (Å²) in [5, 5.41) is 3.00. The minimum Gasteiger partial charge on any atom is -0.448 e. The number of nitrogens with zero attached hydrogens (tertiary/aromatic N) is 1. The number of hydrogen-bond acceptors (Lipinski definition) is 4. The molecule has 0 aliphatic carbocycles. The van der Waals surface area contributed by atoms with Crippen molar-refractivity contribution in [1.29, 1.82) is 0 Å². The lowest BCUT2D eigenvalue weighted by Crippen LogP contribution is -2.49. The highest BCUT2D eigenvalue weighted by molar-refractivity contribution is 5.77. The first-order valence-corrected chi connectivity index (χ1v) is 7.89. The second-order valence-corrected chi connectivity index (χ2v) is 5.93. The van der Waals surface area contributed by atoms with Gasteiger partial charge in [0.05, 0.1) is 6.17 Å². The summed E-state index contributed by atoms with van der Waals surface area (Å²) >= 11 is 0. The van der Waals surface area contributed by atoms with Crippen LogP contribution in [0.2, 0.25) is 0 Å². The average Bonchev–Trinajstić information content (AvgIpc) is 2.74. The van der Waals surface area contributed by atoms with Gasteiger partial charge in [-0.15, -0.1) is 0 Å². The van der Waals surface area contributed by atoms with Crippen LogP contribution in [-0.4, -0.2) is 35.8 Å². The monoisotopic (exact) mass is 306 g/mol. The molecule has 2 atom stereocenters. The van der Waals surface area contributed by atoms with Gasteiger partial charge in [0.2, 0.25) is 5.91 Å². The summed E-state index contributed by atoms with van der Waals surface area (Å²) in [5.74, 6) is 0.375. The normalized spacial score (nSPS) is 21.0. The van der Waals surface area contributed by atoms with Crippen molar-refractivity contribution in [2.45, 2.75) is 53.0 Å². The predicted molar refractivity (Wildman–Crippen MR) is 86.0 cm³/mol. The lowest BCUT2D eigenvalue weighted by molar-refractivity contribution is -0.135. The molecule has 0 aromatic heterocycles. The van der Waals surface area contributed by atoms with Gasteiger partial charge in [-0.05, 0) is 44.6 Å². The molecule has 0 saturated carbocycles. The van der Waals surface area contributed by atoms with Gasteiger partial charge in [-0.2, -0.15) is 0 Å². The lowest BCUT2D eigenvalue weighted by Gasteiger charge is -2.29. The Bertz CT molecular complexity index is 543. The van der Waals surface area contributed by atoms with Crippen LogP contribution in [0.1, 0.15) is 39.7 Å². The molecule has 5 heteroatoms. The van der Waals surface area contributed by atoms with Crippen molar-refractivity contribution < 1.29 is 14.3 Å². The second kappa shape index (κ2) is 6.57. The summed E-state index contributed by atoms with van der Waals surface area (Å²) in [7, 11) is 0. The van der Waals surface area contributed by atoms with Gasteiger partial charge in [0.1, 0.15) is 6.42 Å². The first-order chi connectivity index (χ1) is 10.4. The summed E-state index contributed by atoms with van der Waals surface area (Å²) in [6.07, 6.45) is 0.156. The zero-order valence-corrected chi connectivity index (χ0v) is 14.1. The molecule has 1 N–H and O–H groups in total. The van der Waals surface area contributed by atoms with E-state index in [4.69, 9.17) is 9.47 Å². The highest BCUT2D eigenvalue weighted by atomic mass is 16.7. The molecule has 0 radical (unpaired) electrons. The van der Waals surface area contributed by atoms with Crippen LogP contribution in [0.15, 0.2) is 18.2 Å². The highest BCUT2D eigenvalue weighted by Crippen LogP contribution is 2.40. The maximum absolute atomic E-state index is 12.3. The maximum Gasteiger partial charge on any atom is 0.257 e. The van der Waals surface area contributed by atoms with Crippen molar-refractivity contribution in [3.63, 3.8) is 0 Å². The zero-order chi connectivity index (χ0) is 16.3. The Kier molecular flexibility index (Phi) is 4.96. The summed E-state index contributed by atoms with van der Waals surface area (Å²) < 4.78 is 11.7. The van der Waals surface area contributed by atoms with Gasteiger partial charge in [-0.3, -0.25) is 9.69 Å². The Labute approximate surface area is 132 Å². The largest absolute Gasteiger partial charge is 0.448 e. The topological polar surface area (TPSA) is 50.8 Å². The SMILES string of the molecule is CCN(CC)C(C)NC(=O)CC1(C)Oc2ccc(C)cc2O1. The fraction of sp³-hybridized carbons (Fsp3) is 0.588. The van der Waals surface area contributed by atoms with Gasteiger partial charge in [-0.1, -0.05) is 19.9 Å². The van der Waals surface area contributed by atoms with E-state index in [9.17, 15) is 4.79 Å². The first kappa shape index (κ1) is 16.6. The highest BCUT2D eigenvalue weighted by Gasteiger charge is 2.39. The van der Waals surface area contributed by atoms with Gasteiger partial charge in [0, 0.05) is 6.92 Å². The molecule has 2 unspecified atom stereocenters. The van der Waals surface area contributed by atoms with Crippen molar-refractivity contribution in [3.05, 3.63) is 23.8 Å². The van der Waals surface area contributed by atoms with Gasteiger partial charge in [-0.25, -0.2) is 0 Å². The quantitative estimate of drug-likeness (QED) is 0.821. The van der Waals surface area contributed by atoms with Crippen LogP contribution in [0.25, 0.3) is 0 Å². The van der Waals surface area contributed by atoms with Crippen molar-refractivity contribution in [1.82, 2.24) is 10.2 Å². The molecule has 0 saturated heterocycles. The molecule has 0 bridgehead atoms. The Balaban J connectivity index is 1.95. The Morgan fingerprint density at radius 3 is 2.55 bits per heavy atom. The van der Waals surface area contributed by atoms with E-state index < -0.39 is 5.79 Å². The van der Waals surface area contributed by atoms with Gasteiger partial charge in [0.15, 0.2) is 11.5 Å². The number of fused-ring (bicyclic) bond motifs is 1. The Hall–Kier alpha value is -1.75. The smallest absolute Gasteiger partial charge is 0.257 e. The summed E-state index contributed by atoms with van der Waals surface area (Å²) in [6, 6.07) is 5.78. The number of nitrogens with one attached hydrogen (secondary N) is 1. The molecule has 1 aromatic rings. The Morgan fingerprint density at radius 1 is 1.27 bits per heavy atom. The van der Waals surface area contributed by atoms with E-state index in [1.165, 1.54) is 0 Å². The number of ether oxygens (including phenoxy) is 2. The molecule has 1 aliphatic heterocycles. The van der Waals surface area contributed by atoms with Crippen LogP contribution in [-0.2, 0) is 4.79 Å². The molecular weight excluding hydrogens is 280 g/mol. The molecule has 2 rings (SSSR count). The van der Waals surface area contributed by atoms with E-state index in [-0.39, 0.29) is 18.5 Å². The van der Waals surface area contributed by atoms with Crippen LogP contribution in [0.5, 0.6) is 11.5 Å². The van der Waals surface area contributed by atoms with Crippen LogP contribution < -0.4 is 14.8 Å². The van der Waals surface area contributed by atoms with Crippen LogP contribution in [0.3, 0.4) is 0 Å². The zero-order valence-electron chi connectivity index (χ0n) is 14.1. The molecule has 122 valence electrons. The van der Waals surface area contributed by atoms with Gasteiger partial charge in [0.25, 0.3) is 5.79 Å². The average molecular weight is 306 g/mol. The number of hydrogen-bond donors (Lipinski definition) is 1. The number of carbonyl (C=O) groups is 1. The van der Waals surface area contributed by atoms with Crippen molar-refractivity contribution >= 4 is 5.91 Å². The molecule has 1 aliphatic rings. The van der Waals surface area contributed by atoms with E-state index in [2.05, 4.69) is 24.1 Å². The molecule has 1 aromatic carbocycles. The molecule has 0 spiro atoms. The summed E-state index contributed by atoms with van der Waals surface area (Å²) in [6.45, 7) is 11.7. The van der Waals surface area contributed by atoms with E-state index in [1.807, 2.05) is 32.0 Å². The maximum atomic E-state index is 12.3. The number of aryl methyl sites for hydroxylation is 1. The fourth-order valence-corrected chi connectivity index (χ4v) is 2.78. The first-order valence-electron chi connectivity index (χ1n) is 7.89. The number of carbonyl (C=O) groups excluding carboxylic acids is 1. The standard InChI is InChI=1S/C17H26N2O3/c1-6-19(7-2)13(4)18-16(20)11-17(5)21-14-9-8-12(3)10-15(14)22-17/h8-10,13H,6-7,11H2,1-5H3,(H,18,20). The molecule has 1 amide bonds. The number of rotatable bonds is 6. The third-order valence-electron chi connectivity index (χ3n) is 3.96.